The lowest BCUT2D eigenvalue weighted by Gasteiger charge is -2.35. The van der Waals surface area contributed by atoms with Gasteiger partial charge in [0.05, 0.1) is 17.3 Å². The molecule has 114 valence electrons. The van der Waals surface area contributed by atoms with E-state index in [0.717, 1.165) is 12.1 Å². The van der Waals surface area contributed by atoms with E-state index in [0.29, 0.717) is 18.4 Å². The molecule has 0 saturated heterocycles. The summed E-state index contributed by atoms with van der Waals surface area (Å²) in [5, 5.41) is 10.3. The van der Waals surface area contributed by atoms with Crippen LogP contribution in [0.4, 0.5) is 13.2 Å². The van der Waals surface area contributed by atoms with E-state index in [4.69, 9.17) is 4.74 Å². The molecular formula is C15H21F3O2. The molecule has 1 aromatic rings. The van der Waals surface area contributed by atoms with E-state index in [1.54, 1.807) is 6.07 Å². The second-order valence-electron chi connectivity index (χ2n) is 4.89. The van der Waals surface area contributed by atoms with Crippen molar-refractivity contribution in [2.75, 3.05) is 7.11 Å². The van der Waals surface area contributed by atoms with Gasteiger partial charge in [0.2, 0.25) is 0 Å². The van der Waals surface area contributed by atoms with Gasteiger partial charge in [0.1, 0.15) is 0 Å². The summed E-state index contributed by atoms with van der Waals surface area (Å²) in [6.45, 7) is 3.78. The Kier molecular flexibility index (Phi) is 5.59. The molecule has 0 aliphatic heterocycles. The minimum atomic E-state index is -4.37. The highest BCUT2D eigenvalue weighted by atomic mass is 19.4. The van der Waals surface area contributed by atoms with Crippen LogP contribution in [0.3, 0.4) is 0 Å². The number of hydrogen-bond acceptors (Lipinski definition) is 2. The standard InChI is InChI=1S/C15H21F3O2/c1-4-14(5-2,20-3)13(19)10-11-7-6-8-12(9-11)15(16,17)18/h6-9,13,19H,4-5,10H2,1-3H3. The Balaban J connectivity index is 2.93. The lowest BCUT2D eigenvalue weighted by atomic mass is 9.86. The van der Waals surface area contributed by atoms with Crippen LogP contribution in [-0.2, 0) is 17.3 Å². The van der Waals surface area contributed by atoms with E-state index in [1.165, 1.54) is 13.2 Å². The van der Waals surface area contributed by atoms with Crippen LogP contribution < -0.4 is 0 Å². The minimum Gasteiger partial charge on any atom is -0.390 e. The van der Waals surface area contributed by atoms with Gasteiger partial charge in [-0.1, -0.05) is 32.0 Å². The fourth-order valence-corrected chi connectivity index (χ4v) is 2.43. The number of rotatable bonds is 6. The first-order valence-electron chi connectivity index (χ1n) is 6.68. The van der Waals surface area contributed by atoms with Gasteiger partial charge in [-0.2, -0.15) is 13.2 Å². The summed E-state index contributed by atoms with van der Waals surface area (Å²) >= 11 is 0. The van der Waals surface area contributed by atoms with Gasteiger partial charge in [-0.3, -0.25) is 0 Å². The number of aliphatic hydroxyl groups excluding tert-OH is 1. The van der Waals surface area contributed by atoms with Crippen LogP contribution in [0, 0.1) is 0 Å². The van der Waals surface area contributed by atoms with Gasteiger partial charge in [0, 0.05) is 13.5 Å². The van der Waals surface area contributed by atoms with Crippen LogP contribution >= 0.6 is 0 Å². The zero-order chi connectivity index (χ0) is 15.4. The molecule has 1 rings (SSSR count). The summed E-state index contributed by atoms with van der Waals surface area (Å²) < 4.78 is 43.3. The molecule has 0 aliphatic rings. The molecule has 0 amide bonds. The molecule has 0 aliphatic carbocycles. The Labute approximate surface area is 117 Å². The molecular weight excluding hydrogens is 269 g/mol. The molecule has 1 unspecified atom stereocenters. The maximum atomic E-state index is 12.7. The monoisotopic (exact) mass is 290 g/mol. The highest BCUT2D eigenvalue weighted by Crippen LogP contribution is 2.31. The molecule has 20 heavy (non-hydrogen) atoms. The van der Waals surface area contributed by atoms with Crippen LogP contribution in [0.1, 0.15) is 37.8 Å². The largest absolute Gasteiger partial charge is 0.416 e. The third-order valence-corrected chi connectivity index (χ3v) is 3.89. The third kappa shape index (κ3) is 3.73. The van der Waals surface area contributed by atoms with Crippen LogP contribution in [0.25, 0.3) is 0 Å². The predicted octanol–water partition coefficient (Wildman–Crippen LogP) is 3.81. The first kappa shape index (κ1) is 17.0. The summed E-state index contributed by atoms with van der Waals surface area (Å²) in [4.78, 5) is 0. The van der Waals surface area contributed by atoms with E-state index in [1.807, 2.05) is 13.8 Å². The van der Waals surface area contributed by atoms with E-state index in [-0.39, 0.29) is 6.42 Å². The fourth-order valence-electron chi connectivity index (χ4n) is 2.43. The van der Waals surface area contributed by atoms with Gasteiger partial charge in [-0.25, -0.2) is 0 Å². The summed E-state index contributed by atoms with van der Waals surface area (Å²) in [5.41, 5.74) is -0.956. The first-order chi connectivity index (χ1) is 9.29. The van der Waals surface area contributed by atoms with Gasteiger partial charge in [0.25, 0.3) is 0 Å². The predicted molar refractivity (Wildman–Crippen MR) is 71.5 cm³/mol. The van der Waals surface area contributed by atoms with Crippen molar-refractivity contribution in [2.45, 2.75) is 51.0 Å². The maximum Gasteiger partial charge on any atom is 0.416 e. The van der Waals surface area contributed by atoms with Crippen molar-refractivity contribution in [1.82, 2.24) is 0 Å². The van der Waals surface area contributed by atoms with Crippen molar-refractivity contribution in [1.29, 1.82) is 0 Å². The Morgan fingerprint density at radius 1 is 1.20 bits per heavy atom. The number of hydrogen-bond donors (Lipinski definition) is 1. The van der Waals surface area contributed by atoms with Crippen molar-refractivity contribution in [3.8, 4) is 0 Å². The molecule has 1 N–H and O–H groups in total. The van der Waals surface area contributed by atoms with E-state index < -0.39 is 23.4 Å². The molecule has 0 fully saturated rings. The molecule has 0 bridgehead atoms. The molecule has 0 heterocycles. The molecule has 5 heteroatoms. The Hall–Kier alpha value is -1.07. The summed E-state index contributed by atoms with van der Waals surface area (Å²) in [5.74, 6) is 0. The summed E-state index contributed by atoms with van der Waals surface area (Å²) in [6, 6.07) is 5.05. The van der Waals surface area contributed by atoms with E-state index in [2.05, 4.69) is 0 Å². The van der Waals surface area contributed by atoms with Crippen LogP contribution in [0.2, 0.25) is 0 Å². The Morgan fingerprint density at radius 3 is 2.25 bits per heavy atom. The number of methoxy groups -OCH3 is 1. The molecule has 0 radical (unpaired) electrons. The van der Waals surface area contributed by atoms with E-state index in [9.17, 15) is 18.3 Å². The summed E-state index contributed by atoms with van der Waals surface area (Å²) in [6.07, 6.45) is -3.87. The molecule has 1 atom stereocenters. The highest BCUT2D eigenvalue weighted by molar-refractivity contribution is 5.26. The number of benzene rings is 1. The number of aliphatic hydroxyl groups is 1. The second-order valence-corrected chi connectivity index (χ2v) is 4.89. The SMILES string of the molecule is CCC(CC)(OC)C(O)Cc1cccc(C(F)(F)F)c1. The Morgan fingerprint density at radius 2 is 1.80 bits per heavy atom. The molecule has 0 saturated carbocycles. The van der Waals surface area contributed by atoms with E-state index >= 15 is 0 Å². The van der Waals surface area contributed by atoms with Crippen molar-refractivity contribution in [3.05, 3.63) is 35.4 Å². The third-order valence-electron chi connectivity index (χ3n) is 3.89. The number of alkyl halides is 3. The summed E-state index contributed by atoms with van der Waals surface area (Å²) in [7, 11) is 1.52. The topological polar surface area (TPSA) is 29.5 Å². The zero-order valence-electron chi connectivity index (χ0n) is 12.0. The normalized spacial score (nSPS) is 14.3. The van der Waals surface area contributed by atoms with Gasteiger partial charge in [0.15, 0.2) is 0 Å². The van der Waals surface area contributed by atoms with Gasteiger partial charge < -0.3 is 9.84 Å². The quantitative estimate of drug-likeness (QED) is 0.863. The minimum absolute atomic E-state index is 0.138. The molecule has 0 aromatic heterocycles. The van der Waals surface area contributed by atoms with Crippen molar-refractivity contribution >= 4 is 0 Å². The van der Waals surface area contributed by atoms with Gasteiger partial charge in [-0.05, 0) is 24.5 Å². The number of halogens is 3. The first-order valence-corrected chi connectivity index (χ1v) is 6.68. The molecule has 2 nitrogen and oxygen atoms in total. The zero-order valence-corrected chi connectivity index (χ0v) is 12.0. The fraction of sp³-hybridized carbons (Fsp3) is 0.600. The average molecular weight is 290 g/mol. The molecule has 1 aromatic carbocycles. The smallest absolute Gasteiger partial charge is 0.390 e. The van der Waals surface area contributed by atoms with Crippen molar-refractivity contribution in [2.24, 2.45) is 0 Å². The Bertz CT molecular complexity index is 417. The average Bonchev–Trinajstić information content (AvgIpc) is 2.41. The highest BCUT2D eigenvalue weighted by Gasteiger charge is 2.35. The van der Waals surface area contributed by atoms with Crippen LogP contribution in [0.15, 0.2) is 24.3 Å². The van der Waals surface area contributed by atoms with Gasteiger partial charge in [-0.15, -0.1) is 0 Å². The lowest BCUT2D eigenvalue weighted by Crippen LogP contribution is -2.44. The number of ether oxygens (including phenoxy) is 1. The van der Waals surface area contributed by atoms with Crippen molar-refractivity contribution in [3.63, 3.8) is 0 Å². The lowest BCUT2D eigenvalue weighted by molar-refractivity contribution is -0.137. The maximum absolute atomic E-state index is 12.7. The van der Waals surface area contributed by atoms with Crippen LogP contribution in [0.5, 0.6) is 0 Å². The van der Waals surface area contributed by atoms with Gasteiger partial charge >= 0.3 is 6.18 Å². The van der Waals surface area contributed by atoms with Crippen molar-refractivity contribution < 1.29 is 23.0 Å². The second kappa shape index (κ2) is 6.59. The van der Waals surface area contributed by atoms with Crippen LogP contribution in [-0.4, -0.2) is 23.9 Å². The molecule has 0 spiro atoms.